The Labute approximate surface area is 93.5 Å². The van der Waals surface area contributed by atoms with Gasteiger partial charge in [-0.25, -0.2) is 9.59 Å². The number of carboxylic acid groups (broad SMARTS) is 2. The second kappa shape index (κ2) is 4.80. The van der Waals surface area contributed by atoms with Crippen molar-refractivity contribution in [1.29, 1.82) is 0 Å². The molecule has 0 saturated heterocycles. The molecule has 0 aliphatic heterocycles. The van der Waals surface area contributed by atoms with Crippen LogP contribution in [-0.4, -0.2) is 43.6 Å². The fourth-order valence-corrected chi connectivity index (χ4v) is 1.30. The van der Waals surface area contributed by atoms with Gasteiger partial charge in [0.2, 0.25) is 0 Å². The topological polar surface area (TPSA) is 115 Å². The molecule has 0 saturated carbocycles. The molecule has 6 nitrogen and oxygen atoms in total. The normalized spacial score (nSPS) is 20.6. The Morgan fingerprint density at radius 2 is 1.62 bits per heavy atom. The molecule has 0 aliphatic rings. The van der Waals surface area contributed by atoms with E-state index in [9.17, 15) is 19.8 Å². The molecule has 4 N–H and O–H groups in total. The third-order valence-corrected chi connectivity index (χ3v) is 3.02. The molecule has 0 bridgehead atoms. The average Bonchev–Trinajstić information content (AvgIpc) is 2.16. The third-order valence-electron chi connectivity index (χ3n) is 3.02. The summed E-state index contributed by atoms with van der Waals surface area (Å²) in [5.74, 6) is -3.74. The van der Waals surface area contributed by atoms with Crippen molar-refractivity contribution in [1.82, 2.24) is 0 Å². The minimum absolute atomic E-state index is 0.0532. The summed E-state index contributed by atoms with van der Waals surface area (Å²) < 4.78 is 0. The van der Waals surface area contributed by atoms with Gasteiger partial charge in [0.15, 0.2) is 11.2 Å². The van der Waals surface area contributed by atoms with Crippen molar-refractivity contribution in [3.63, 3.8) is 0 Å². The number of rotatable bonds is 6. The molecule has 0 aromatic carbocycles. The zero-order valence-electron chi connectivity index (χ0n) is 9.60. The molecule has 0 aliphatic carbocycles. The lowest BCUT2D eigenvalue weighted by Crippen LogP contribution is -2.48. The number of carbonyl (C=O) groups is 2. The van der Waals surface area contributed by atoms with E-state index < -0.39 is 29.1 Å². The van der Waals surface area contributed by atoms with Crippen LogP contribution >= 0.6 is 0 Å². The minimum atomic E-state index is -2.06. The lowest BCUT2D eigenvalue weighted by atomic mass is 9.80. The van der Waals surface area contributed by atoms with Gasteiger partial charge in [0.25, 0.3) is 0 Å². The van der Waals surface area contributed by atoms with Crippen LogP contribution in [0.3, 0.4) is 0 Å². The monoisotopic (exact) mass is 234 g/mol. The highest BCUT2D eigenvalue weighted by molar-refractivity contribution is 5.79. The molecule has 16 heavy (non-hydrogen) atoms. The number of aliphatic hydroxyl groups is 2. The first-order chi connectivity index (χ1) is 7.08. The van der Waals surface area contributed by atoms with Crippen molar-refractivity contribution in [2.75, 3.05) is 0 Å². The second-order valence-electron chi connectivity index (χ2n) is 4.25. The zero-order chi connectivity index (χ0) is 13.1. The van der Waals surface area contributed by atoms with E-state index >= 15 is 0 Å². The van der Waals surface area contributed by atoms with Gasteiger partial charge in [-0.3, -0.25) is 0 Å². The van der Waals surface area contributed by atoms with Crippen LogP contribution in [0.1, 0.15) is 33.6 Å². The quantitative estimate of drug-likeness (QED) is 0.517. The highest BCUT2D eigenvalue weighted by Gasteiger charge is 2.44. The average molecular weight is 234 g/mol. The fourth-order valence-electron chi connectivity index (χ4n) is 1.30. The van der Waals surface area contributed by atoms with Gasteiger partial charge in [0.05, 0.1) is 0 Å². The molecule has 0 amide bonds. The smallest absolute Gasteiger partial charge is 0.335 e. The summed E-state index contributed by atoms with van der Waals surface area (Å²) in [5, 5.41) is 36.9. The van der Waals surface area contributed by atoms with Crippen molar-refractivity contribution in [3.05, 3.63) is 0 Å². The van der Waals surface area contributed by atoms with Gasteiger partial charge >= 0.3 is 11.9 Å². The lowest BCUT2D eigenvalue weighted by molar-refractivity contribution is -0.171. The lowest BCUT2D eigenvalue weighted by Gasteiger charge is -2.31. The minimum Gasteiger partial charge on any atom is -0.479 e. The summed E-state index contributed by atoms with van der Waals surface area (Å²) in [7, 11) is 0. The van der Waals surface area contributed by atoms with Crippen LogP contribution in [0.25, 0.3) is 0 Å². The summed E-state index contributed by atoms with van der Waals surface area (Å²) in [6, 6.07) is 0. The molecule has 0 aromatic heterocycles. The Morgan fingerprint density at radius 3 is 1.88 bits per heavy atom. The summed E-state index contributed by atoms with van der Waals surface area (Å²) >= 11 is 0. The Kier molecular flexibility index (Phi) is 4.45. The Morgan fingerprint density at radius 1 is 1.19 bits per heavy atom. The first-order valence-electron chi connectivity index (χ1n) is 4.99. The zero-order valence-corrected chi connectivity index (χ0v) is 9.60. The van der Waals surface area contributed by atoms with Crippen molar-refractivity contribution in [3.8, 4) is 0 Å². The molecule has 94 valence electrons. The molecular weight excluding hydrogens is 216 g/mol. The van der Waals surface area contributed by atoms with Crippen LogP contribution < -0.4 is 0 Å². The standard InChI is InChI=1S/C10H18O6/c1-4-10(16,8(13)14)5-6(2)9(3,15)7(11)12/h6,15-16H,4-5H2,1-3H3,(H,11,12)(H,13,14)/t6-,9+,10-/m1/s1. The van der Waals surface area contributed by atoms with Crippen molar-refractivity contribution in [2.24, 2.45) is 5.92 Å². The predicted molar refractivity (Wildman–Crippen MR) is 54.9 cm³/mol. The van der Waals surface area contributed by atoms with Gasteiger partial charge in [0.1, 0.15) is 0 Å². The van der Waals surface area contributed by atoms with E-state index in [1.165, 1.54) is 13.8 Å². The molecule has 0 radical (unpaired) electrons. The summed E-state index contributed by atoms with van der Waals surface area (Å²) in [6.45, 7) is 3.95. The van der Waals surface area contributed by atoms with Crippen molar-refractivity contribution >= 4 is 11.9 Å². The van der Waals surface area contributed by atoms with Crippen LogP contribution in [0.15, 0.2) is 0 Å². The molecule has 6 heteroatoms. The molecule has 0 unspecified atom stereocenters. The van der Waals surface area contributed by atoms with Crippen LogP contribution in [0.5, 0.6) is 0 Å². The molecule has 0 rings (SSSR count). The maximum Gasteiger partial charge on any atom is 0.335 e. The van der Waals surface area contributed by atoms with E-state index in [4.69, 9.17) is 10.2 Å². The highest BCUT2D eigenvalue weighted by atomic mass is 16.4. The number of hydrogen-bond donors (Lipinski definition) is 4. The highest BCUT2D eigenvalue weighted by Crippen LogP contribution is 2.28. The second-order valence-corrected chi connectivity index (χ2v) is 4.25. The van der Waals surface area contributed by atoms with Crippen LogP contribution in [0.2, 0.25) is 0 Å². The fraction of sp³-hybridized carbons (Fsp3) is 0.800. The number of hydrogen-bond acceptors (Lipinski definition) is 4. The van der Waals surface area contributed by atoms with E-state index in [1.54, 1.807) is 0 Å². The molecule has 0 aromatic rings. The van der Waals surface area contributed by atoms with E-state index in [0.29, 0.717) is 0 Å². The molecule has 0 spiro atoms. The molecule has 3 atom stereocenters. The van der Waals surface area contributed by atoms with Gasteiger partial charge in [-0.15, -0.1) is 0 Å². The summed E-state index contributed by atoms with van der Waals surface area (Å²) in [5.41, 5.74) is -4.06. The van der Waals surface area contributed by atoms with Gasteiger partial charge in [-0.1, -0.05) is 13.8 Å². The summed E-state index contributed by atoms with van der Waals surface area (Å²) in [6.07, 6.45) is -0.374. The SMILES string of the molecule is CC[C@@](O)(C[C@@H](C)[C@](C)(O)C(=O)O)C(=O)O. The predicted octanol–water partition coefficient (Wildman–Crippen LogP) is 0.0739. The summed E-state index contributed by atoms with van der Waals surface area (Å²) in [4.78, 5) is 21.5. The van der Waals surface area contributed by atoms with Gasteiger partial charge in [-0.05, 0) is 25.7 Å². The Bertz CT molecular complexity index is 285. The van der Waals surface area contributed by atoms with Crippen molar-refractivity contribution in [2.45, 2.75) is 44.8 Å². The van der Waals surface area contributed by atoms with E-state index in [2.05, 4.69) is 0 Å². The maximum absolute atomic E-state index is 10.8. The van der Waals surface area contributed by atoms with Crippen molar-refractivity contribution < 1.29 is 30.0 Å². The molecule has 0 fully saturated rings. The largest absolute Gasteiger partial charge is 0.479 e. The van der Waals surface area contributed by atoms with Gasteiger partial charge < -0.3 is 20.4 Å². The van der Waals surface area contributed by atoms with Crippen LogP contribution in [0.4, 0.5) is 0 Å². The van der Waals surface area contributed by atoms with Gasteiger partial charge in [0, 0.05) is 0 Å². The van der Waals surface area contributed by atoms with E-state index in [0.717, 1.165) is 6.92 Å². The molecular formula is C10H18O6. The van der Waals surface area contributed by atoms with Crippen LogP contribution in [0, 0.1) is 5.92 Å². The Balaban J connectivity index is 4.85. The first kappa shape index (κ1) is 14.9. The first-order valence-corrected chi connectivity index (χ1v) is 4.99. The third kappa shape index (κ3) is 2.93. The van der Waals surface area contributed by atoms with E-state index in [1.807, 2.05) is 0 Å². The number of aliphatic carboxylic acids is 2. The molecule has 0 heterocycles. The number of carboxylic acids is 2. The van der Waals surface area contributed by atoms with Gasteiger partial charge in [-0.2, -0.15) is 0 Å². The van der Waals surface area contributed by atoms with Crippen LogP contribution in [-0.2, 0) is 9.59 Å². The van der Waals surface area contributed by atoms with E-state index in [-0.39, 0.29) is 12.8 Å². The maximum atomic E-state index is 10.8. The Hall–Kier alpha value is -1.14.